The van der Waals surface area contributed by atoms with Gasteiger partial charge < -0.3 is 0 Å². The monoisotopic (exact) mass is 297 g/mol. The number of halogens is 1. The van der Waals surface area contributed by atoms with Crippen molar-refractivity contribution in [1.82, 2.24) is 4.31 Å². The summed E-state index contributed by atoms with van der Waals surface area (Å²) in [5, 5.41) is 17.4. The third-order valence-electron chi connectivity index (χ3n) is 2.50. The number of nitrogens with zero attached hydrogens (tertiary/aromatic N) is 3. The van der Waals surface area contributed by atoms with Gasteiger partial charge in [-0.05, 0) is 18.2 Å². The number of sulfonamides is 1. The average Bonchev–Trinajstić information content (AvgIpc) is 2.39. The van der Waals surface area contributed by atoms with E-state index in [0.29, 0.717) is 0 Å². The maximum absolute atomic E-state index is 12.4. The summed E-state index contributed by atoms with van der Waals surface area (Å²) in [5.41, 5.74) is 0.222. The van der Waals surface area contributed by atoms with Gasteiger partial charge in [0.1, 0.15) is 4.90 Å². The first-order chi connectivity index (χ1) is 8.97. The van der Waals surface area contributed by atoms with Crippen LogP contribution in [0.1, 0.15) is 18.9 Å². The summed E-state index contributed by atoms with van der Waals surface area (Å²) in [7, 11) is -3.79. The van der Waals surface area contributed by atoms with Crippen molar-refractivity contribution in [3.05, 3.63) is 28.8 Å². The zero-order valence-electron chi connectivity index (χ0n) is 10.3. The van der Waals surface area contributed by atoms with Crippen LogP contribution in [-0.2, 0) is 10.0 Å². The second kappa shape index (κ2) is 6.53. The first-order valence-corrected chi connectivity index (χ1v) is 7.36. The molecule has 0 aliphatic carbocycles. The molecule has 0 spiro atoms. The van der Waals surface area contributed by atoms with Gasteiger partial charge in [-0.2, -0.15) is 14.8 Å². The minimum absolute atomic E-state index is 0.0643. The molecule has 7 heteroatoms. The summed E-state index contributed by atoms with van der Waals surface area (Å²) in [5.74, 6) is 0. The molecule has 0 heterocycles. The smallest absolute Gasteiger partial charge is 0.207 e. The first kappa shape index (κ1) is 15.5. The van der Waals surface area contributed by atoms with E-state index in [0.717, 1.165) is 0 Å². The second-order valence-electron chi connectivity index (χ2n) is 3.66. The van der Waals surface area contributed by atoms with Crippen LogP contribution in [0.15, 0.2) is 23.1 Å². The molecule has 0 bridgehead atoms. The van der Waals surface area contributed by atoms with Crippen LogP contribution >= 0.6 is 11.6 Å². The molecule has 0 aliphatic heterocycles. The average molecular weight is 298 g/mol. The number of hydrogen-bond acceptors (Lipinski definition) is 4. The fraction of sp³-hybridized carbons (Fsp3) is 0.333. The van der Waals surface area contributed by atoms with Gasteiger partial charge in [0.05, 0.1) is 22.7 Å². The van der Waals surface area contributed by atoms with Crippen molar-refractivity contribution in [3.63, 3.8) is 0 Å². The summed E-state index contributed by atoms with van der Waals surface area (Å²) in [4.78, 5) is -0.104. The van der Waals surface area contributed by atoms with E-state index < -0.39 is 10.0 Å². The van der Waals surface area contributed by atoms with Crippen molar-refractivity contribution < 1.29 is 8.42 Å². The van der Waals surface area contributed by atoms with Gasteiger partial charge in [0.25, 0.3) is 0 Å². The Morgan fingerprint density at radius 3 is 2.58 bits per heavy atom. The molecule has 1 rings (SSSR count). The van der Waals surface area contributed by atoms with E-state index in [1.54, 1.807) is 6.92 Å². The lowest BCUT2D eigenvalue weighted by Gasteiger charge is -2.19. The van der Waals surface area contributed by atoms with Crippen LogP contribution in [0.2, 0.25) is 5.02 Å². The Bertz CT molecular complexity index is 644. The lowest BCUT2D eigenvalue weighted by molar-refractivity contribution is 0.435. The van der Waals surface area contributed by atoms with Gasteiger partial charge in [0.2, 0.25) is 10.0 Å². The molecule has 0 saturated carbocycles. The summed E-state index contributed by atoms with van der Waals surface area (Å²) < 4.78 is 25.9. The molecule has 19 heavy (non-hydrogen) atoms. The zero-order chi connectivity index (χ0) is 14.5. The molecule has 0 aromatic heterocycles. The van der Waals surface area contributed by atoms with Gasteiger partial charge in [0.15, 0.2) is 0 Å². The standard InChI is InChI=1S/C12H12ClN3O2S/c1-2-16(7-3-6-14)19(17,18)12-8-10(9-15)4-5-11(12)13/h4-5,8H,2-3,7H2,1H3. The highest BCUT2D eigenvalue weighted by atomic mass is 35.5. The number of benzene rings is 1. The summed E-state index contributed by atoms with van der Waals surface area (Å²) >= 11 is 5.89. The van der Waals surface area contributed by atoms with Crippen molar-refractivity contribution in [3.8, 4) is 12.1 Å². The predicted molar refractivity (Wildman–Crippen MR) is 70.8 cm³/mol. The Balaban J connectivity index is 3.26. The van der Waals surface area contributed by atoms with Crippen LogP contribution in [-0.4, -0.2) is 25.8 Å². The van der Waals surface area contributed by atoms with Gasteiger partial charge >= 0.3 is 0 Å². The van der Waals surface area contributed by atoms with E-state index in [1.165, 1.54) is 22.5 Å². The molecule has 5 nitrogen and oxygen atoms in total. The SMILES string of the molecule is CCN(CCC#N)S(=O)(=O)c1cc(C#N)ccc1Cl. The fourth-order valence-electron chi connectivity index (χ4n) is 1.53. The molecular weight excluding hydrogens is 286 g/mol. The molecule has 0 atom stereocenters. The molecule has 0 fully saturated rings. The Morgan fingerprint density at radius 2 is 2.05 bits per heavy atom. The fourth-order valence-corrected chi connectivity index (χ4v) is 3.48. The number of nitriles is 2. The summed E-state index contributed by atoms with van der Waals surface area (Å²) in [6.45, 7) is 2.01. The largest absolute Gasteiger partial charge is 0.244 e. The molecule has 1 aromatic carbocycles. The quantitative estimate of drug-likeness (QED) is 0.833. The van der Waals surface area contributed by atoms with Crippen LogP contribution in [0, 0.1) is 22.7 Å². The highest BCUT2D eigenvalue weighted by Crippen LogP contribution is 2.25. The summed E-state index contributed by atoms with van der Waals surface area (Å²) in [6.07, 6.45) is 0.0998. The van der Waals surface area contributed by atoms with E-state index in [2.05, 4.69) is 0 Å². The Kier molecular flexibility index (Phi) is 5.31. The maximum atomic E-state index is 12.4. The van der Waals surface area contributed by atoms with Crippen LogP contribution in [0.5, 0.6) is 0 Å². The van der Waals surface area contributed by atoms with Crippen LogP contribution in [0.4, 0.5) is 0 Å². The van der Waals surface area contributed by atoms with E-state index in [-0.39, 0.29) is 35.0 Å². The Labute approximate surface area is 117 Å². The van der Waals surface area contributed by atoms with Gasteiger partial charge in [-0.3, -0.25) is 0 Å². The predicted octanol–water partition coefficient (Wildman–Crippen LogP) is 2.14. The normalized spacial score (nSPS) is 11.0. The highest BCUT2D eigenvalue weighted by Gasteiger charge is 2.25. The Hall–Kier alpha value is -1.60. The molecule has 1 aromatic rings. The Morgan fingerprint density at radius 1 is 1.37 bits per heavy atom. The molecule has 0 aliphatic rings. The van der Waals surface area contributed by atoms with Crippen LogP contribution < -0.4 is 0 Å². The molecule has 100 valence electrons. The van der Waals surface area contributed by atoms with Crippen LogP contribution in [0.25, 0.3) is 0 Å². The van der Waals surface area contributed by atoms with Crippen molar-refractivity contribution >= 4 is 21.6 Å². The van der Waals surface area contributed by atoms with Crippen molar-refractivity contribution in [2.75, 3.05) is 13.1 Å². The third kappa shape index (κ3) is 3.45. The van der Waals surface area contributed by atoms with E-state index >= 15 is 0 Å². The highest BCUT2D eigenvalue weighted by molar-refractivity contribution is 7.89. The van der Waals surface area contributed by atoms with Gasteiger partial charge in [-0.15, -0.1) is 0 Å². The molecule has 0 N–H and O–H groups in total. The molecule has 0 amide bonds. The first-order valence-electron chi connectivity index (χ1n) is 5.54. The van der Waals surface area contributed by atoms with E-state index in [4.69, 9.17) is 22.1 Å². The van der Waals surface area contributed by atoms with Crippen molar-refractivity contribution in [1.29, 1.82) is 10.5 Å². The van der Waals surface area contributed by atoms with Crippen LogP contribution in [0.3, 0.4) is 0 Å². The van der Waals surface area contributed by atoms with Crippen molar-refractivity contribution in [2.45, 2.75) is 18.2 Å². The van der Waals surface area contributed by atoms with Gasteiger partial charge in [-0.1, -0.05) is 18.5 Å². The maximum Gasteiger partial charge on any atom is 0.244 e. The van der Waals surface area contributed by atoms with Gasteiger partial charge in [0, 0.05) is 19.5 Å². The molecule has 0 saturated heterocycles. The zero-order valence-corrected chi connectivity index (χ0v) is 11.9. The third-order valence-corrected chi connectivity index (χ3v) is 4.96. The lowest BCUT2D eigenvalue weighted by atomic mass is 10.2. The van der Waals surface area contributed by atoms with Crippen molar-refractivity contribution in [2.24, 2.45) is 0 Å². The summed E-state index contributed by atoms with van der Waals surface area (Å²) in [6, 6.07) is 7.85. The molecular formula is C12H12ClN3O2S. The number of rotatable bonds is 5. The minimum Gasteiger partial charge on any atom is -0.207 e. The van der Waals surface area contributed by atoms with Gasteiger partial charge in [-0.25, -0.2) is 8.42 Å². The number of hydrogen-bond donors (Lipinski definition) is 0. The lowest BCUT2D eigenvalue weighted by Crippen LogP contribution is -2.32. The molecule has 0 radical (unpaired) electrons. The second-order valence-corrected chi connectivity index (χ2v) is 5.98. The minimum atomic E-state index is -3.79. The van der Waals surface area contributed by atoms with E-state index in [9.17, 15) is 8.42 Å². The topological polar surface area (TPSA) is 85.0 Å². The molecule has 0 unspecified atom stereocenters. The van der Waals surface area contributed by atoms with E-state index in [1.807, 2.05) is 12.1 Å².